The van der Waals surface area contributed by atoms with E-state index in [1.807, 2.05) is 6.92 Å². The van der Waals surface area contributed by atoms with Crippen molar-refractivity contribution in [1.29, 1.82) is 0 Å². The molecule has 0 unspecified atom stereocenters. The van der Waals surface area contributed by atoms with E-state index in [1.165, 1.54) is 6.07 Å². The molecule has 0 bridgehead atoms. The van der Waals surface area contributed by atoms with Crippen molar-refractivity contribution in [1.82, 2.24) is 20.6 Å². The van der Waals surface area contributed by atoms with E-state index in [9.17, 15) is 18.4 Å². The number of hydrogen-bond donors (Lipinski definition) is 3. The minimum Gasteiger partial charge on any atom is -0.356 e. The topological polar surface area (TPSA) is 96.0 Å². The van der Waals surface area contributed by atoms with Gasteiger partial charge in [0.2, 0.25) is 5.91 Å². The van der Waals surface area contributed by atoms with E-state index in [0.717, 1.165) is 17.7 Å². The summed E-state index contributed by atoms with van der Waals surface area (Å²) >= 11 is 0. The zero-order chi connectivity index (χ0) is 22.0. The van der Waals surface area contributed by atoms with Crippen LogP contribution in [-0.4, -0.2) is 28.3 Å². The second-order valence-corrected chi connectivity index (χ2v) is 6.95. The monoisotopic (exact) mass is 423 g/mol. The first-order valence-corrected chi connectivity index (χ1v) is 9.72. The number of carbonyl (C=O) groups is 2. The number of anilines is 2. The summed E-state index contributed by atoms with van der Waals surface area (Å²) in [5.74, 6) is -2.04. The highest BCUT2D eigenvalue weighted by Gasteiger charge is 2.28. The molecule has 1 aliphatic heterocycles. The minimum atomic E-state index is -0.794. The maximum Gasteiger partial charge on any atom is 0.257 e. The summed E-state index contributed by atoms with van der Waals surface area (Å²) in [4.78, 5) is 32.5. The zero-order valence-electron chi connectivity index (χ0n) is 16.6. The third-order valence-electron chi connectivity index (χ3n) is 4.77. The summed E-state index contributed by atoms with van der Waals surface area (Å²) in [6.45, 7) is 2.55. The van der Waals surface area contributed by atoms with Crippen LogP contribution in [0.4, 0.5) is 20.3 Å². The van der Waals surface area contributed by atoms with Crippen LogP contribution in [-0.2, 0) is 17.8 Å². The largest absolute Gasteiger partial charge is 0.356 e. The molecule has 0 spiro atoms. The smallest absolute Gasteiger partial charge is 0.257 e. The Bertz CT molecular complexity index is 1150. The molecule has 3 aromatic rings. The Morgan fingerprint density at radius 3 is 2.45 bits per heavy atom. The first kappa shape index (κ1) is 20.4. The fourth-order valence-corrected chi connectivity index (χ4v) is 3.33. The van der Waals surface area contributed by atoms with Gasteiger partial charge in [-0.1, -0.05) is 18.2 Å². The number of carbonyl (C=O) groups excluding carboxylic acids is 2. The molecule has 0 saturated carbocycles. The summed E-state index contributed by atoms with van der Waals surface area (Å²) < 4.78 is 28.5. The van der Waals surface area contributed by atoms with E-state index in [2.05, 4.69) is 25.9 Å². The number of benzene rings is 2. The fraction of sp³-hybridized carbons (Fsp3) is 0.182. The molecule has 0 aliphatic carbocycles. The predicted octanol–water partition coefficient (Wildman–Crippen LogP) is 3.09. The van der Waals surface area contributed by atoms with Crippen molar-refractivity contribution >= 4 is 23.3 Å². The van der Waals surface area contributed by atoms with Gasteiger partial charge in [-0.15, -0.1) is 0 Å². The Labute approximate surface area is 176 Å². The van der Waals surface area contributed by atoms with Crippen LogP contribution in [0.25, 0.3) is 11.4 Å². The SMILES string of the molecule is CCNC(=O)Cc1ccc(Nc2nc(-c3c(F)cccc3F)nc3c2C(=O)NC3)cc1. The van der Waals surface area contributed by atoms with Gasteiger partial charge in [-0.25, -0.2) is 18.7 Å². The summed E-state index contributed by atoms with van der Waals surface area (Å²) in [7, 11) is 0. The quantitative estimate of drug-likeness (QED) is 0.566. The number of fused-ring (bicyclic) bond motifs is 1. The van der Waals surface area contributed by atoms with E-state index < -0.39 is 11.6 Å². The molecule has 0 atom stereocenters. The lowest BCUT2D eigenvalue weighted by molar-refractivity contribution is -0.120. The van der Waals surface area contributed by atoms with Crippen molar-refractivity contribution in [3.63, 3.8) is 0 Å². The molecule has 158 valence electrons. The van der Waals surface area contributed by atoms with Crippen LogP contribution in [0.2, 0.25) is 0 Å². The number of halogens is 2. The number of likely N-dealkylation sites (N-methyl/N-ethyl adjacent to an activating group) is 1. The first-order chi connectivity index (χ1) is 15.0. The van der Waals surface area contributed by atoms with Gasteiger partial charge in [0, 0.05) is 12.2 Å². The molecule has 0 saturated heterocycles. The Morgan fingerprint density at radius 1 is 1.06 bits per heavy atom. The van der Waals surface area contributed by atoms with E-state index >= 15 is 0 Å². The molecule has 2 heterocycles. The molecule has 2 amide bonds. The third-order valence-corrected chi connectivity index (χ3v) is 4.77. The average molecular weight is 423 g/mol. The Morgan fingerprint density at radius 2 is 1.77 bits per heavy atom. The maximum absolute atomic E-state index is 14.3. The molecule has 1 aromatic heterocycles. The normalized spacial score (nSPS) is 12.3. The molecular weight excluding hydrogens is 404 g/mol. The molecular formula is C22H19F2N5O2. The summed E-state index contributed by atoms with van der Waals surface area (Å²) in [6.07, 6.45) is 0.246. The van der Waals surface area contributed by atoms with Gasteiger partial charge in [-0.2, -0.15) is 0 Å². The van der Waals surface area contributed by atoms with Gasteiger partial charge in [0.05, 0.1) is 24.2 Å². The van der Waals surface area contributed by atoms with Gasteiger partial charge in [0.25, 0.3) is 5.91 Å². The van der Waals surface area contributed by atoms with Crippen molar-refractivity contribution in [2.75, 3.05) is 11.9 Å². The number of nitrogens with one attached hydrogen (secondary N) is 3. The van der Waals surface area contributed by atoms with Gasteiger partial charge in [0.15, 0.2) is 5.82 Å². The number of amides is 2. The number of aromatic nitrogens is 2. The van der Waals surface area contributed by atoms with Gasteiger partial charge in [-0.05, 0) is 36.8 Å². The molecule has 9 heteroatoms. The van der Waals surface area contributed by atoms with Crippen molar-refractivity contribution in [3.05, 3.63) is 70.9 Å². The predicted molar refractivity (Wildman–Crippen MR) is 111 cm³/mol. The fourth-order valence-electron chi connectivity index (χ4n) is 3.33. The number of hydrogen-bond acceptors (Lipinski definition) is 5. The Kier molecular flexibility index (Phi) is 5.57. The maximum atomic E-state index is 14.3. The van der Waals surface area contributed by atoms with Crippen molar-refractivity contribution in [2.45, 2.75) is 19.9 Å². The third kappa shape index (κ3) is 4.20. The minimum absolute atomic E-state index is 0.0787. The van der Waals surface area contributed by atoms with Crippen LogP contribution in [0.1, 0.15) is 28.5 Å². The highest BCUT2D eigenvalue weighted by molar-refractivity contribution is 6.03. The van der Waals surface area contributed by atoms with Gasteiger partial charge in [-0.3, -0.25) is 9.59 Å². The molecule has 31 heavy (non-hydrogen) atoms. The van der Waals surface area contributed by atoms with Gasteiger partial charge >= 0.3 is 0 Å². The molecule has 0 radical (unpaired) electrons. The van der Waals surface area contributed by atoms with Crippen LogP contribution in [0.5, 0.6) is 0 Å². The van der Waals surface area contributed by atoms with Gasteiger partial charge in [0.1, 0.15) is 23.0 Å². The lowest BCUT2D eigenvalue weighted by atomic mass is 10.1. The molecule has 7 nitrogen and oxygen atoms in total. The van der Waals surface area contributed by atoms with Crippen molar-refractivity contribution < 1.29 is 18.4 Å². The van der Waals surface area contributed by atoms with Crippen LogP contribution < -0.4 is 16.0 Å². The van der Waals surface area contributed by atoms with Crippen LogP contribution in [0, 0.1) is 11.6 Å². The van der Waals surface area contributed by atoms with E-state index in [1.54, 1.807) is 24.3 Å². The van der Waals surface area contributed by atoms with E-state index in [4.69, 9.17) is 0 Å². The van der Waals surface area contributed by atoms with Crippen LogP contribution in [0.3, 0.4) is 0 Å². The van der Waals surface area contributed by atoms with Gasteiger partial charge < -0.3 is 16.0 Å². The standard InChI is InChI=1S/C22H19F2N5O2/c1-2-25-17(30)10-12-6-8-13(9-7-12)27-21-19-16(11-26-22(19)31)28-20(29-21)18-14(23)4-3-5-15(18)24/h3-9H,2,10-11H2,1H3,(H,25,30)(H,26,31)(H,27,28,29). The first-order valence-electron chi connectivity index (χ1n) is 9.72. The van der Waals surface area contributed by atoms with Crippen LogP contribution >= 0.6 is 0 Å². The molecule has 2 aromatic carbocycles. The molecule has 0 fully saturated rings. The average Bonchev–Trinajstić information content (AvgIpc) is 3.11. The number of nitrogens with zero attached hydrogens (tertiary/aromatic N) is 2. The molecule has 3 N–H and O–H groups in total. The summed E-state index contributed by atoms with van der Waals surface area (Å²) in [5.41, 5.74) is 1.64. The number of rotatable bonds is 6. The second-order valence-electron chi connectivity index (χ2n) is 6.95. The molecule has 4 rings (SSSR count). The lowest BCUT2D eigenvalue weighted by Crippen LogP contribution is -2.24. The zero-order valence-corrected chi connectivity index (χ0v) is 16.6. The molecule has 1 aliphatic rings. The van der Waals surface area contributed by atoms with Crippen molar-refractivity contribution in [3.8, 4) is 11.4 Å². The van der Waals surface area contributed by atoms with Crippen molar-refractivity contribution in [2.24, 2.45) is 0 Å². The highest BCUT2D eigenvalue weighted by Crippen LogP contribution is 2.30. The highest BCUT2D eigenvalue weighted by atomic mass is 19.1. The lowest BCUT2D eigenvalue weighted by Gasteiger charge is -2.12. The summed E-state index contributed by atoms with van der Waals surface area (Å²) in [5, 5.41) is 8.42. The van der Waals surface area contributed by atoms with E-state index in [0.29, 0.717) is 17.9 Å². The summed E-state index contributed by atoms with van der Waals surface area (Å²) in [6, 6.07) is 10.5. The Hall–Kier alpha value is -3.88. The van der Waals surface area contributed by atoms with E-state index in [-0.39, 0.29) is 47.5 Å². The Balaban J connectivity index is 1.67. The van der Waals surface area contributed by atoms with Crippen LogP contribution in [0.15, 0.2) is 42.5 Å². The second kappa shape index (κ2) is 8.47.